The molecular formula is C22H34N2O2. The smallest absolute Gasteiger partial charge is 0.225 e. The van der Waals surface area contributed by atoms with Crippen LogP contribution in [0.3, 0.4) is 0 Å². The molecule has 1 aliphatic carbocycles. The Labute approximate surface area is 158 Å². The molecule has 1 saturated carbocycles. The van der Waals surface area contributed by atoms with E-state index in [4.69, 9.17) is 0 Å². The molecule has 2 rings (SSSR count). The van der Waals surface area contributed by atoms with Gasteiger partial charge < -0.3 is 10.6 Å². The zero-order chi connectivity index (χ0) is 19.5. The molecule has 1 atom stereocenters. The first-order chi connectivity index (χ1) is 12.1. The summed E-state index contributed by atoms with van der Waals surface area (Å²) in [6, 6.07) is 6.45. The normalized spacial score (nSPS) is 21.8. The Bertz CT molecular complexity index is 632. The number of amides is 2. The maximum absolute atomic E-state index is 12.7. The highest BCUT2D eigenvalue weighted by Crippen LogP contribution is 2.27. The number of aryl methyl sites for hydroxylation is 2. The van der Waals surface area contributed by atoms with E-state index in [1.165, 1.54) is 16.7 Å². The Morgan fingerprint density at radius 1 is 1.04 bits per heavy atom. The maximum atomic E-state index is 12.7. The molecule has 0 radical (unpaired) electrons. The summed E-state index contributed by atoms with van der Waals surface area (Å²) in [4.78, 5) is 24.8. The van der Waals surface area contributed by atoms with Gasteiger partial charge in [-0.1, -0.05) is 39.0 Å². The highest BCUT2D eigenvalue weighted by atomic mass is 16.2. The molecule has 1 aromatic rings. The van der Waals surface area contributed by atoms with E-state index in [9.17, 15) is 9.59 Å². The monoisotopic (exact) mass is 358 g/mol. The van der Waals surface area contributed by atoms with Crippen LogP contribution in [0, 0.1) is 25.2 Å². The molecule has 1 aliphatic rings. The number of hydrogen-bond donors (Lipinski definition) is 2. The number of hydrogen-bond acceptors (Lipinski definition) is 2. The standard InChI is InChI=1S/C22H34N2O2/c1-14-8-7-9-15(2)19(14)16(3)23-20(25)17-10-12-18(13-11-17)24-21(26)22(4,5)6/h7-9,16-18H,10-13H2,1-6H3,(H,23,25)(H,24,26). The second-order valence-electron chi connectivity index (χ2n) is 8.81. The highest BCUT2D eigenvalue weighted by Gasteiger charge is 2.30. The Morgan fingerprint density at radius 3 is 2.08 bits per heavy atom. The third-order valence-corrected chi connectivity index (χ3v) is 5.45. The summed E-state index contributed by atoms with van der Waals surface area (Å²) in [6.07, 6.45) is 3.41. The van der Waals surface area contributed by atoms with Crippen molar-refractivity contribution in [2.75, 3.05) is 0 Å². The molecule has 4 heteroatoms. The molecule has 4 nitrogen and oxygen atoms in total. The third kappa shape index (κ3) is 5.09. The van der Waals surface area contributed by atoms with Crippen LogP contribution in [0.5, 0.6) is 0 Å². The summed E-state index contributed by atoms with van der Waals surface area (Å²) in [5, 5.41) is 6.33. The molecule has 0 saturated heterocycles. The second-order valence-corrected chi connectivity index (χ2v) is 8.81. The minimum Gasteiger partial charge on any atom is -0.353 e. The molecule has 1 unspecified atom stereocenters. The minimum atomic E-state index is -0.366. The lowest BCUT2D eigenvalue weighted by Crippen LogP contribution is -2.45. The predicted molar refractivity (Wildman–Crippen MR) is 106 cm³/mol. The molecule has 0 spiro atoms. The molecular weight excluding hydrogens is 324 g/mol. The number of carbonyl (C=O) groups is 2. The van der Waals surface area contributed by atoms with Gasteiger partial charge in [0.05, 0.1) is 6.04 Å². The second kappa shape index (κ2) is 8.24. The van der Waals surface area contributed by atoms with Crippen LogP contribution < -0.4 is 10.6 Å². The average molecular weight is 359 g/mol. The van der Waals surface area contributed by atoms with Crippen molar-refractivity contribution < 1.29 is 9.59 Å². The van der Waals surface area contributed by atoms with Gasteiger partial charge in [0.1, 0.15) is 0 Å². The van der Waals surface area contributed by atoms with Crippen LogP contribution in [-0.2, 0) is 9.59 Å². The molecule has 26 heavy (non-hydrogen) atoms. The van der Waals surface area contributed by atoms with E-state index in [0.717, 1.165) is 25.7 Å². The minimum absolute atomic E-state index is 0.0158. The van der Waals surface area contributed by atoms with Crippen molar-refractivity contribution in [3.8, 4) is 0 Å². The summed E-state index contributed by atoms with van der Waals surface area (Å²) >= 11 is 0. The van der Waals surface area contributed by atoms with Crippen LogP contribution in [-0.4, -0.2) is 17.9 Å². The van der Waals surface area contributed by atoms with E-state index in [-0.39, 0.29) is 35.2 Å². The largest absolute Gasteiger partial charge is 0.353 e. The van der Waals surface area contributed by atoms with Crippen molar-refractivity contribution in [1.29, 1.82) is 0 Å². The molecule has 2 amide bonds. The summed E-state index contributed by atoms with van der Waals surface area (Å²) in [6.45, 7) is 12.0. The van der Waals surface area contributed by atoms with Crippen molar-refractivity contribution in [2.24, 2.45) is 11.3 Å². The van der Waals surface area contributed by atoms with Crippen molar-refractivity contribution in [2.45, 2.75) is 79.3 Å². The first kappa shape index (κ1) is 20.5. The molecule has 1 aromatic carbocycles. The molecule has 0 aromatic heterocycles. The van der Waals surface area contributed by atoms with Gasteiger partial charge in [0.25, 0.3) is 0 Å². The van der Waals surface area contributed by atoms with Gasteiger partial charge in [0.15, 0.2) is 0 Å². The average Bonchev–Trinajstić information content (AvgIpc) is 2.54. The maximum Gasteiger partial charge on any atom is 0.225 e. The van der Waals surface area contributed by atoms with Gasteiger partial charge in [-0.05, 0) is 63.1 Å². The molecule has 2 N–H and O–H groups in total. The summed E-state index contributed by atoms with van der Waals surface area (Å²) in [5.41, 5.74) is 3.28. The van der Waals surface area contributed by atoms with Gasteiger partial charge in [-0.25, -0.2) is 0 Å². The fourth-order valence-electron chi connectivity index (χ4n) is 3.82. The Hall–Kier alpha value is -1.84. The zero-order valence-electron chi connectivity index (χ0n) is 17.1. The fourth-order valence-corrected chi connectivity index (χ4v) is 3.82. The molecule has 1 fully saturated rings. The van der Waals surface area contributed by atoms with E-state index in [1.54, 1.807) is 0 Å². The summed E-state index contributed by atoms with van der Waals surface area (Å²) in [5.74, 6) is 0.277. The Balaban J connectivity index is 1.88. The lowest BCUT2D eigenvalue weighted by molar-refractivity contribution is -0.129. The first-order valence-corrected chi connectivity index (χ1v) is 9.77. The zero-order valence-corrected chi connectivity index (χ0v) is 17.1. The van der Waals surface area contributed by atoms with Gasteiger partial charge in [0.2, 0.25) is 11.8 Å². The third-order valence-electron chi connectivity index (χ3n) is 5.45. The van der Waals surface area contributed by atoms with Crippen LogP contribution in [0.4, 0.5) is 0 Å². The summed E-state index contributed by atoms with van der Waals surface area (Å²) in [7, 11) is 0. The van der Waals surface area contributed by atoms with E-state index in [1.807, 2.05) is 20.8 Å². The van der Waals surface area contributed by atoms with Crippen LogP contribution in [0.25, 0.3) is 0 Å². The van der Waals surface area contributed by atoms with E-state index < -0.39 is 0 Å². The summed E-state index contributed by atoms with van der Waals surface area (Å²) < 4.78 is 0. The first-order valence-electron chi connectivity index (χ1n) is 9.77. The molecule has 0 aliphatic heterocycles. The van der Waals surface area contributed by atoms with Gasteiger partial charge >= 0.3 is 0 Å². The number of rotatable bonds is 4. The van der Waals surface area contributed by atoms with Gasteiger partial charge in [-0.3, -0.25) is 9.59 Å². The molecule has 0 heterocycles. The number of carbonyl (C=O) groups excluding carboxylic acids is 2. The van der Waals surface area contributed by atoms with Crippen molar-refractivity contribution in [1.82, 2.24) is 10.6 Å². The van der Waals surface area contributed by atoms with E-state index >= 15 is 0 Å². The quantitative estimate of drug-likeness (QED) is 0.847. The van der Waals surface area contributed by atoms with Crippen LogP contribution >= 0.6 is 0 Å². The Kier molecular flexibility index (Phi) is 6.48. The van der Waals surface area contributed by atoms with Crippen molar-refractivity contribution in [3.63, 3.8) is 0 Å². The van der Waals surface area contributed by atoms with Crippen molar-refractivity contribution >= 4 is 11.8 Å². The van der Waals surface area contributed by atoms with Crippen LogP contribution in [0.1, 0.15) is 76.1 Å². The topological polar surface area (TPSA) is 58.2 Å². The molecule has 0 bridgehead atoms. The fraction of sp³-hybridized carbons (Fsp3) is 0.636. The van der Waals surface area contributed by atoms with Gasteiger partial charge in [-0.15, -0.1) is 0 Å². The lowest BCUT2D eigenvalue weighted by atomic mass is 9.84. The molecule has 144 valence electrons. The van der Waals surface area contributed by atoms with Crippen LogP contribution in [0.15, 0.2) is 18.2 Å². The number of benzene rings is 1. The highest BCUT2D eigenvalue weighted by molar-refractivity contribution is 5.82. The number of nitrogens with one attached hydrogen (secondary N) is 2. The van der Waals surface area contributed by atoms with E-state index in [2.05, 4.69) is 49.6 Å². The Morgan fingerprint density at radius 2 is 1.58 bits per heavy atom. The van der Waals surface area contributed by atoms with Crippen LogP contribution in [0.2, 0.25) is 0 Å². The lowest BCUT2D eigenvalue weighted by Gasteiger charge is -2.31. The van der Waals surface area contributed by atoms with Gasteiger partial charge in [-0.2, -0.15) is 0 Å². The van der Waals surface area contributed by atoms with Crippen molar-refractivity contribution in [3.05, 3.63) is 34.9 Å². The van der Waals surface area contributed by atoms with Gasteiger partial charge in [0, 0.05) is 17.4 Å². The predicted octanol–water partition coefficient (Wildman–Crippen LogP) is 4.20. The SMILES string of the molecule is Cc1cccc(C)c1C(C)NC(=O)C1CCC(NC(=O)C(C)(C)C)CC1. The van der Waals surface area contributed by atoms with E-state index in [0.29, 0.717) is 0 Å².